The molecule has 0 spiro atoms. The van der Waals surface area contributed by atoms with Crippen LogP contribution in [0.25, 0.3) is 0 Å². The zero-order chi connectivity index (χ0) is 21.0. The smallest absolute Gasteiger partial charge is 0.321 e. The molecule has 0 radical (unpaired) electrons. The standard InChI is InChI=1S/C21H29FN6O/c1-14-13-23-20(26-19(14)27(2)3)24-16-7-9-17(10-8-16)25-21(29)28(4)18-11-5-15(22)6-12-18/h5-6,11-13,16-17H,7-10H2,1-4H3,(H,25,29)(H,23,24,26). The Labute approximate surface area is 171 Å². The highest BCUT2D eigenvalue weighted by atomic mass is 19.1. The van der Waals surface area contributed by atoms with Crippen molar-refractivity contribution < 1.29 is 9.18 Å². The lowest BCUT2D eigenvalue weighted by Gasteiger charge is -2.31. The lowest BCUT2D eigenvalue weighted by Crippen LogP contribution is -2.45. The van der Waals surface area contributed by atoms with Crippen LogP contribution in [0.1, 0.15) is 31.2 Å². The monoisotopic (exact) mass is 400 g/mol. The molecule has 0 bridgehead atoms. The molecule has 1 aliphatic rings. The fraction of sp³-hybridized carbons (Fsp3) is 0.476. The first-order valence-electron chi connectivity index (χ1n) is 9.90. The van der Waals surface area contributed by atoms with E-state index in [-0.39, 0.29) is 23.9 Å². The molecule has 1 aromatic heterocycles. The number of aromatic nitrogens is 2. The maximum atomic E-state index is 13.1. The summed E-state index contributed by atoms with van der Waals surface area (Å²) < 4.78 is 13.1. The fourth-order valence-corrected chi connectivity index (χ4v) is 3.57. The van der Waals surface area contributed by atoms with Crippen molar-refractivity contribution in [1.82, 2.24) is 15.3 Å². The highest BCUT2D eigenvalue weighted by molar-refractivity contribution is 5.91. The summed E-state index contributed by atoms with van der Waals surface area (Å²) in [6.45, 7) is 2.00. The van der Waals surface area contributed by atoms with E-state index in [1.54, 1.807) is 19.2 Å². The number of halogens is 1. The molecule has 1 aliphatic carbocycles. The number of aryl methyl sites for hydroxylation is 1. The predicted octanol–water partition coefficient (Wildman–Crippen LogP) is 3.56. The van der Waals surface area contributed by atoms with Gasteiger partial charge in [0.1, 0.15) is 11.6 Å². The summed E-state index contributed by atoms with van der Waals surface area (Å²) >= 11 is 0. The van der Waals surface area contributed by atoms with Gasteiger partial charge in [0.05, 0.1) is 0 Å². The lowest BCUT2D eigenvalue weighted by molar-refractivity contribution is 0.238. The van der Waals surface area contributed by atoms with Crippen LogP contribution in [0.2, 0.25) is 0 Å². The molecule has 0 atom stereocenters. The second-order valence-corrected chi connectivity index (χ2v) is 7.77. The molecule has 8 heteroatoms. The summed E-state index contributed by atoms with van der Waals surface area (Å²) in [5, 5.41) is 6.50. The number of nitrogens with one attached hydrogen (secondary N) is 2. The summed E-state index contributed by atoms with van der Waals surface area (Å²) in [5.41, 5.74) is 1.70. The van der Waals surface area contributed by atoms with Crippen molar-refractivity contribution in [2.45, 2.75) is 44.7 Å². The van der Waals surface area contributed by atoms with Gasteiger partial charge in [-0.3, -0.25) is 4.90 Å². The van der Waals surface area contributed by atoms with E-state index >= 15 is 0 Å². The van der Waals surface area contributed by atoms with Gasteiger partial charge in [-0.1, -0.05) is 0 Å². The second kappa shape index (κ2) is 9.07. The molecular weight excluding hydrogens is 371 g/mol. The Bertz CT molecular complexity index is 834. The molecule has 1 fully saturated rings. The van der Waals surface area contributed by atoms with E-state index in [2.05, 4.69) is 20.6 Å². The molecule has 2 amide bonds. The Kier molecular flexibility index (Phi) is 6.51. The second-order valence-electron chi connectivity index (χ2n) is 7.77. The Morgan fingerprint density at radius 3 is 2.31 bits per heavy atom. The van der Waals surface area contributed by atoms with Crippen LogP contribution in [0.4, 0.5) is 26.6 Å². The molecule has 1 heterocycles. The molecule has 0 saturated heterocycles. The van der Waals surface area contributed by atoms with E-state index in [1.807, 2.05) is 32.1 Å². The first kappa shape index (κ1) is 20.8. The highest BCUT2D eigenvalue weighted by Crippen LogP contribution is 2.23. The number of hydrogen-bond acceptors (Lipinski definition) is 5. The van der Waals surface area contributed by atoms with Crippen molar-refractivity contribution in [3.63, 3.8) is 0 Å². The summed E-state index contributed by atoms with van der Waals surface area (Å²) in [6.07, 6.45) is 5.46. The topological polar surface area (TPSA) is 73.4 Å². The first-order chi connectivity index (χ1) is 13.8. The lowest BCUT2D eigenvalue weighted by atomic mass is 9.91. The number of benzene rings is 1. The van der Waals surface area contributed by atoms with Crippen LogP contribution in [-0.2, 0) is 0 Å². The van der Waals surface area contributed by atoms with Crippen molar-refractivity contribution in [3.8, 4) is 0 Å². The van der Waals surface area contributed by atoms with Gasteiger partial charge in [0, 0.05) is 50.7 Å². The molecule has 0 unspecified atom stereocenters. The van der Waals surface area contributed by atoms with Crippen molar-refractivity contribution >= 4 is 23.5 Å². The third-order valence-corrected chi connectivity index (χ3v) is 5.28. The largest absolute Gasteiger partial charge is 0.362 e. The summed E-state index contributed by atoms with van der Waals surface area (Å²) in [5.74, 6) is 1.23. The van der Waals surface area contributed by atoms with Crippen LogP contribution in [0.15, 0.2) is 30.5 Å². The number of anilines is 3. The van der Waals surface area contributed by atoms with Crippen molar-refractivity contribution in [1.29, 1.82) is 0 Å². The molecule has 2 aromatic rings. The number of amides is 2. The molecule has 1 aromatic carbocycles. The maximum Gasteiger partial charge on any atom is 0.321 e. The third kappa shape index (κ3) is 5.34. The van der Waals surface area contributed by atoms with E-state index in [0.717, 1.165) is 37.1 Å². The van der Waals surface area contributed by atoms with Gasteiger partial charge in [0.25, 0.3) is 0 Å². The predicted molar refractivity (Wildman–Crippen MR) is 114 cm³/mol. The highest BCUT2D eigenvalue weighted by Gasteiger charge is 2.24. The minimum atomic E-state index is -0.316. The quantitative estimate of drug-likeness (QED) is 0.803. The van der Waals surface area contributed by atoms with Crippen molar-refractivity contribution in [3.05, 3.63) is 41.8 Å². The Hall–Kier alpha value is -2.90. The number of carbonyl (C=O) groups excluding carboxylic acids is 1. The summed E-state index contributed by atoms with van der Waals surface area (Å²) in [7, 11) is 5.62. The van der Waals surface area contributed by atoms with E-state index in [1.165, 1.54) is 17.0 Å². The average molecular weight is 401 g/mol. The van der Waals surface area contributed by atoms with Gasteiger partial charge in [-0.05, 0) is 56.9 Å². The van der Waals surface area contributed by atoms with Gasteiger partial charge >= 0.3 is 6.03 Å². The van der Waals surface area contributed by atoms with Gasteiger partial charge in [0.15, 0.2) is 0 Å². The van der Waals surface area contributed by atoms with E-state index in [4.69, 9.17) is 0 Å². The number of urea groups is 1. The minimum absolute atomic E-state index is 0.125. The van der Waals surface area contributed by atoms with Crippen LogP contribution in [0, 0.1) is 12.7 Å². The van der Waals surface area contributed by atoms with Gasteiger partial charge in [-0.25, -0.2) is 14.2 Å². The molecule has 0 aliphatic heterocycles. The van der Waals surface area contributed by atoms with Crippen LogP contribution >= 0.6 is 0 Å². The molecule has 1 saturated carbocycles. The van der Waals surface area contributed by atoms with Gasteiger partial charge < -0.3 is 15.5 Å². The SMILES string of the molecule is Cc1cnc(NC2CCC(NC(=O)N(C)c3ccc(F)cc3)CC2)nc1N(C)C. The molecule has 3 rings (SSSR count). The van der Waals surface area contributed by atoms with Crippen LogP contribution in [0.3, 0.4) is 0 Å². The zero-order valence-corrected chi connectivity index (χ0v) is 17.4. The van der Waals surface area contributed by atoms with Crippen molar-refractivity contribution in [2.24, 2.45) is 0 Å². The Morgan fingerprint density at radius 2 is 1.69 bits per heavy atom. The van der Waals surface area contributed by atoms with E-state index in [9.17, 15) is 9.18 Å². The Balaban J connectivity index is 1.49. The fourth-order valence-electron chi connectivity index (χ4n) is 3.57. The van der Waals surface area contributed by atoms with E-state index in [0.29, 0.717) is 11.6 Å². The van der Waals surface area contributed by atoms with Gasteiger partial charge in [-0.2, -0.15) is 4.98 Å². The normalized spacial score (nSPS) is 18.8. The summed E-state index contributed by atoms with van der Waals surface area (Å²) in [4.78, 5) is 25.0. The number of rotatable bonds is 5. The number of hydrogen-bond donors (Lipinski definition) is 2. The average Bonchev–Trinajstić information content (AvgIpc) is 2.70. The van der Waals surface area contributed by atoms with Gasteiger partial charge in [0.2, 0.25) is 5.95 Å². The molecular formula is C21H29FN6O. The molecule has 2 N–H and O–H groups in total. The first-order valence-corrected chi connectivity index (χ1v) is 9.90. The number of nitrogens with zero attached hydrogens (tertiary/aromatic N) is 4. The van der Waals surface area contributed by atoms with Crippen LogP contribution in [0.5, 0.6) is 0 Å². The van der Waals surface area contributed by atoms with E-state index < -0.39 is 0 Å². The molecule has 7 nitrogen and oxygen atoms in total. The van der Waals surface area contributed by atoms with Crippen molar-refractivity contribution in [2.75, 3.05) is 36.3 Å². The molecule has 156 valence electrons. The summed E-state index contributed by atoms with van der Waals surface area (Å²) in [6, 6.07) is 6.13. The maximum absolute atomic E-state index is 13.1. The number of carbonyl (C=O) groups is 1. The van der Waals surface area contributed by atoms with Gasteiger partial charge in [-0.15, -0.1) is 0 Å². The Morgan fingerprint density at radius 1 is 1.07 bits per heavy atom. The van der Waals surface area contributed by atoms with Crippen LogP contribution < -0.4 is 20.4 Å². The van der Waals surface area contributed by atoms with Crippen LogP contribution in [-0.4, -0.2) is 49.2 Å². The minimum Gasteiger partial charge on any atom is -0.362 e. The zero-order valence-electron chi connectivity index (χ0n) is 17.4. The third-order valence-electron chi connectivity index (χ3n) is 5.28. The molecule has 29 heavy (non-hydrogen) atoms.